The minimum atomic E-state index is -0.0596. The van der Waals surface area contributed by atoms with Gasteiger partial charge in [0.25, 0.3) is 0 Å². The van der Waals surface area contributed by atoms with E-state index in [1.54, 1.807) is 6.20 Å². The number of ether oxygens (including phenoxy) is 2. The number of rotatable bonds is 4. The maximum atomic E-state index is 6.01. The van der Waals surface area contributed by atoms with Gasteiger partial charge in [-0.15, -0.1) is 0 Å². The van der Waals surface area contributed by atoms with Crippen LogP contribution in [0.5, 0.6) is 5.75 Å². The zero-order chi connectivity index (χ0) is 13.6. The lowest BCUT2D eigenvalue weighted by Crippen LogP contribution is -2.63. The van der Waals surface area contributed by atoms with E-state index in [1.807, 2.05) is 28.9 Å². The van der Waals surface area contributed by atoms with E-state index in [0.717, 1.165) is 43.9 Å². The van der Waals surface area contributed by atoms with Crippen molar-refractivity contribution < 1.29 is 9.47 Å². The molecule has 2 aromatic rings. The van der Waals surface area contributed by atoms with Crippen LogP contribution in [-0.4, -0.2) is 34.7 Å². The molecule has 0 aromatic carbocycles. The molecule has 5 nitrogen and oxygen atoms in total. The molecule has 2 aromatic heterocycles. The van der Waals surface area contributed by atoms with Crippen LogP contribution < -0.4 is 10.5 Å². The molecule has 0 amide bonds. The molecular formula is C15H19N3O2. The predicted octanol–water partition coefficient (Wildman–Crippen LogP) is 1.61. The van der Waals surface area contributed by atoms with Gasteiger partial charge < -0.3 is 19.6 Å². The molecule has 106 valence electrons. The molecule has 2 aliphatic heterocycles. The third kappa shape index (κ3) is 1.81. The lowest BCUT2D eigenvalue weighted by Gasteiger charge is -2.59. The van der Waals surface area contributed by atoms with Gasteiger partial charge in [-0.1, -0.05) is 0 Å². The van der Waals surface area contributed by atoms with E-state index in [4.69, 9.17) is 15.2 Å². The van der Waals surface area contributed by atoms with Crippen LogP contribution in [0.4, 0.5) is 0 Å². The van der Waals surface area contributed by atoms with Gasteiger partial charge in [-0.2, -0.15) is 0 Å². The molecule has 0 atom stereocenters. The number of imidazole rings is 1. The van der Waals surface area contributed by atoms with Crippen LogP contribution in [0, 0.1) is 5.41 Å². The average molecular weight is 273 g/mol. The van der Waals surface area contributed by atoms with E-state index in [9.17, 15) is 0 Å². The van der Waals surface area contributed by atoms with E-state index in [0.29, 0.717) is 6.54 Å². The average Bonchev–Trinajstić information content (AvgIpc) is 2.92. The van der Waals surface area contributed by atoms with E-state index >= 15 is 0 Å². The van der Waals surface area contributed by atoms with Gasteiger partial charge in [0.2, 0.25) is 0 Å². The molecular weight excluding hydrogens is 254 g/mol. The van der Waals surface area contributed by atoms with Gasteiger partial charge in [-0.3, -0.25) is 0 Å². The van der Waals surface area contributed by atoms with E-state index in [1.165, 1.54) is 0 Å². The molecule has 3 aliphatic rings. The normalized spacial score (nSPS) is 32.0. The first-order chi connectivity index (χ1) is 9.73. The fraction of sp³-hybridized carbons (Fsp3) is 0.533. The lowest BCUT2D eigenvalue weighted by molar-refractivity contribution is -0.227. The lowest BCUT2D eigenvalue weighted by atomic mass is 9.56. The van der Waals surface area contributed by atoms with E-state index < -0.39 is 0 Å². The highest BCUT2D eigenvalue weighted by Gasteiger charge is 2.58. The Bertz CT molecular complexity index is 631. The van der Waals surface area contributed by atoms with Crippen molar-refractivity contribution >= 4 is 5.65 Å². The molecule has 1 aliphatic carbocycles. The highest BCUT2D eigenvalue weighted by atomic mass is 16.5. The van der Waals surface area contributed by atoms with Crippen LogP contribution in [0.2, 0.25) is 0 Å². The number of fused-ring (bicyclic) bond motifs is 3. The summed E-state index contributed by atoms with van der Waals surface area (Å²) in [5.74, 6) is 0.890. The summed E-state index contributed by atoms with van der Waals surface area (Å²) in [6, 6.07) is 3.95. The Morgan fingerprint density at radius 1 is 1.40 bits per heavy atom. The Morgan fingerprint density at radius 2 is 2.30 bits per heavy atom. The molecule has 4 heterocycles. The zero-order valence-corrected chi connectivity index (χ0v) is 11.4. The summed E-state index contributed by atoms with van der Waals surface area (Å²) >= 11 is 0. The number of aromatic nitrogens is 2. The Labute approximate surface area is 117 Å². The highest BCUT2D eigenvalue weighted by molar-refractivity contribution is 5.41. The minimum absolute atomic E-state index is 0.0596. The van der Waals surface area contributed by atoms with E-state index in [2.05, 4.69) is 4.98 Å². The predicted molar refractivity (Wildman–Crippen MR) is 74.7 cm³/mol. The maximum Gasteiger partial charge on any atom is 0.136 e. The quantitative estimate of drug-likeness (QED) is 0.919. The molecule has 1 saturated carbocycles. The van der Waals surface area contributed by atoms with Crippen LogP contribution in [0.25, 0.3) is 5.65 Å². The van der Waals surface area contributed by atoms with Crippen LogP contribution in [0.1, 0.15) is 19.3 Å². The summed E-state index contributed by atoms with van der Waals surface area (Å²) in [7, 11) is 0. The van der Waals surface area contributed by atoms with Crippen molar-refractivity contribution in [3.63, 3.8) is 0 Å². The fourth-order valence-electron chi connectivity index (χ4n) is 3.68. The summed E-state index contributed by atoms with van der Waals surface area (Å²) < 4.78 is 13.8. The van der Waals surface area contributed by atoms with Crippen LogP contribution in [-0.2, 0) is 4.74 Å². The number of pyridine rings is 1. The Balaban J connectivity index is 1.45. The molecule has 2 saturated heterocycles. The SMILES string of the molecule is NCC12CC(COc3ccc4nccn4c3)(CCO1)C2. The van der Waals surface area contributed by atoms with Crippen LogP contribution >= 0.6 is 0 Å². The molecule has 2 bridgehead atoms. The van der Waals surface area contributed by atoms with Crippen LogP contribution in [0.3, 0.4) is 0 Å². The second-order valence-corrected chi connectivity index (χ2v) is 6.19. The fourth-order valence-corrected chi connectivity index (χ4v) is 3.68. The van der Waals surface area contributed by atoms with Gasteiger partial charge >= 0.3 is 0 Å². The van der Waals surface area contributed by atoms with Gasteiger partial charge in [0.1, 0.15) is 11.4 Å². The molecule has 0 unspecified atom stereocenters. The monoisotopic (exact) mass is 273 g/mol. The first kappa shape index (κ1) is 12.2. The first-order valence-corrected chi connectivity index (χ1v) is 7.12. The standard InChI is InChI=1S/C15H19N3O2/c16-10-15-8-14(9-15,3-6-20-15)11-19-12-1-2-13-17-4-5-18(13)7-12/h1-2,4-5,7H,3,6,8-11,16H2. The Morgan fingerprint density at radius 3 is 3.15 bits per heavy atom. The number of hydrogen-bond acceptors (Lipinski definition) is 4. The summed E-state index contributed by atoms with van der Waals surface area (Å²) in [6.45, 7) is 2.18. The van der Waals surface area contributed by atoms with Crippen molar-refractivity contribution in [1.82, 2.24) is 9.38 Å². The molecule has 5 rings (SSSR count). The van der Waals surface area contributed by atoms with Crippen molar-refractivity contribution in [2.45, 2.75) is 24.9 Å². The Hall–Kier alpha value is -1.59. The van der Waals surface area contributed by atoms with Crippen LogP contribution in [0.15, 0.2) is 30.7 Å². The molecule has 2 N–H and O–H groups in total. The molecule has 0 spiro atoms. The molecule has 0 radical (unpaired) electrons. The Kier molecular flexibility index (Phi) is 2.56. The van der Waals surface area contributed by atoms with Gasteiger partial charge in [0.15, 0.2) is 0 Å². The summed E-state index contributed by atoms with van der Waals surface area (Å²) in [5.41, 5.74) is 6.96. The molecule has 5 heteroatoms. The second-order valence-electron chi connectivity index (χ2n) is 6.19. The highest BCUT2D eigenvalue weighted by Crippen LogP contribution is 2.56. The summed E-state index contributed by atoms with van der Waals surface area (Å²) in [5, 5.41) is 0. The van der Waals surface area contributed by atoms with Gasteiger partial charge in [0, 0.05) is 31.0 Å². The van der Waals surface area contributed by atoms with Crippen molar-refractivity contribution in [1.29, 1.82) is 0 Å². The smallest absolute Gasteiger partial charge is 0.136 e. The van der Waals surface area contributed by atoms with Crippen molar-refractivity contribution in [3.05, 3.63) is 30.7 Å². The topological polar surface area (TPSA) is 61.8 Å². The first-order valence-electron chi connectivity index (χ1n) is 7.12. The molecule has 20 heavy (non-hydrogen) atoms. The van der Waals surface area contributed by atoms with Gasteiger partial charge in [0.05, 0.1) is 18.4 Å². The number of nitrogens with zero attached hydrogens (tertiary/aromatic N) is 2. The third-order valence-electron chi connectivity index (χ3n) is 4.71. The summed E-state index contributed by atoms with van der Waals surface area (Å²) in [6.07, 6.45) is 8.83. The third-order valence-corrected chi connectivity index (χ3v) is 4.71. The number of nitrogens with two attached hydrogens (primary N) is 1. The van der Waals surface area contributed by atoms with Crippen molar-refractivity contribution in [2.24, 2.45) is 11.1 Å². The van der Waals surface area contributed by atoms with E-state index in [-0.39, 0.29) is 11.0 Å². The minimum Gasteiger partial charge on any atom is -0.491 e. The second kappa shape index (κ2) is 4.20. The van der Waals surface area contributed by atoms with Crippen molar-refractivity contribution in [3.8, 4) is 5.75 Å². The summed E-state index contributed by atoms with van der Waals surface area (Å²) in [4.78, 5) is 4.23. The number of hydrogen-bond donors (Lipinski definition) is 1. The zero-order valence-electron chi connectivity index (χ0n) is 11.4. The maximum absolute atomic E-state index is 6.01. The van der Waals surface area contributed by atoms with Crippen molar-refractivity contribution in [2.75, 3.05) is 19.8 Å². The largest absolute Gasteiger partial charge is 0.491 e. The van der Waals surface area contributed by atoms with Gasteiger partial charge in [-0.05, 0) is 31.4 Å². The van der Waals surface area contributed by atoms with Gasteiger partial charge in [-0.25, -0.2) is 4.98 Å². The molecule has 3 fully saturated rings.